The van der Waals surface area contributed by atoms with Crippen LogP contribution in [0.3, 0.4) is 0 Å². The van der Waals surface area contributed by atoms with Crippen LogP contribution in [0, 0.1) is 11.8 Å². The molecule has 2 N–H and O–H groups in total. The fraction of sp³-hybridized carbons (Fsp3) is 0.462. The van der Waals surface area contributed by atoms with Crippen molar-refractivity contribution >= 4 is 5.91 Å². The molecular weight excluding hydrogens is 216 g/mol. The summed E-state index contributed by atoms with van der Waals surface area (Å²) in [6.45, 7) is 1.50. The molecule has 90 valence electrons. The highest BCUT2D eigenvalue weighted by Crippen LogP contribution is 2.45. The second-order valence-electron chi connectivity index (χ2n) is 4.83. The van der Waals surface area contributed by atoms with Crippen LogP contribution >= 0.6 is 0 Å². The molecule has 2 aliphatic rings. The first kappa shape index (κ1) is 10.6. The normalized spacial score (nSPS) is 30.4. The first-order valence-corrected chi connectivity index (χ1v) is 5.88. The Hall–Kier alpha value is -1.55. The van der Waals surface area contributed by atoms with E-state index in [1.54, 1.807) is 7.11 Å². The molecule has 0 aromatic heterocycles. The van der Waals surface area contributed by atoms with E-state index in [0.29, 0.717) is 12.5 Å². The second-order valence-corrected chi connectivity index (χ2v) is 4.83. The van der Waals surface area contributed by atoms with Gasteiger partial charge in [0.25, 0.3) is 0 Å². The predicted octanol–water partition coefficient (Wildman–Crippen LogP) is 0.611. The lowest BCUT2D eigenvalue weighted by atomic mass is 10.2. The Morgan fingerprint density at radius 2 is 2.12 bits per heavy atom. The van der Waals surface area contributed by atoms with E-state index in [0.717, 1.165) is 17.9 Å². The number of carbonyl (C=O) groups is 1. The van der Waals surface area contributed by atoms with Crippen LogP contribution in [0.15, 0.2) is 24.3 Å². The summed E-state index contributed by atoms with van der Waals surface area (Å²) in [5.41, 5.74) is 6.92. The molecule has 1 saturated heterocycles. The van der Waals surface area contributed by atoms with Crippen LogP contribution in [0.5, 0.6) is 5.75 Å². The lowest BCUT2D eigenvalue weighted by Crippen LogP contribution is -2.32. The largest absolute Gasteiger partial charge is 0.497 e. The van der Waals surface area contributed by atoms with Crippen molar-refractivity contribution in [2.75, 3.05) is 13.7 Å². The summed E-state index contributed by atoms with van der Waals surface area (Å²) in [5.74, 6) is 1.57. The smallest absolute Gasteiger partial charge is 0.227 e. The number of ether oxygens (including phenoxy) is 1. The Labute approximate surface area is 100 Å². The van der Waals surface area contributed by atoms with Crippen LogP contribution in [0.1, 0.15) is 5.56 Å². The summed E-state index contributed by atoms with van der Waals surface area (Å²) in [4.78, 5) is 13.8. The first-order valence-electron chi connectivity index (χ1n) is 5.88. The van der Waals surface area contributed by atoms with Crippen molar-refractivity contribution in [3.8, 4) is 5.75 Å². The maximum absolute atomic E-state index is 11.9. The molecule has 3 atom stereocenters. The van der Waals surface area contributed by atoms with E-state index >= 15 is 0 Å². The number of nitrogens with two attached hydrogens (primary N) is 1. The van der Waals surface area contributed by atoms with Gasteiger partial charge in [-0.3, -0.25) is 4.79 Å². The van der Waals surface area contributed by atoms with E-state index in [-0.39, 0.29) is 17.9 Å². The molecule has 1 aliphatic heterocycles. The van der Waals surface area contributed by atoms with Crippen molar-refractivity contribution in [2.24, 2.45) is 17.6 Å². The van der Waals surface area contributed by atoms with Gasteiger partial charge < -0.3 is 15.4 Å². The van der Waals surface area contributed by atoms with E-state index in [9.17, 15) is 4.79 Å². The third kappa shape index (κ3) is 1.69. The molecule has 0 bridgehead atoms. The molecule has 4 nitrogen and oxygen atoms in total. The monoisotopic (exact) mass is 232 g/mol. The summed E-state index contributed by atoms with van der Waals surface area (Å²) in [6.07, 6.45) is 0. The predicted molar refractivity (Wildman–Crippen MR) is 63.4 cm³/mol. The average molecular weight is 232 g/mol. The molecule has 1 saturated carbocycles. The van der Waals surface area contributed by atoms with Gasteiger partial charge in [-0.2, -0.15) is 0 Å². The third-order valence-electron chi connectivity index (χ3n) is 3.79. The Morgan fingerprint density at radius 3 is 2.65 bits per heavy atom. The number of hydrogen-bond donors (Lipinski definition) is 1. The Bertz CT molecular complexity index is 443. The molecule has 0 spiro atoms. The summed E-state index contributed by atoms with van der Waals surface area (Å²) in [7, 11) is 1.65. The highest BCUT2D eigenvalue weighted by atomic mass is 16.5. The van der Waals surface area contributed by atoms with Gasteiger partial charge in [-0.15, -0.1) is 0 Å². The quantitative estimate of drug-likeness (QED) is 0.830. The molecule has 2 fully saturated rings. The molecule has 3 rings (SSSR count). The summed E-state index contributed by atoms with van der Waals surface area (Å²) in [6, 6.07) is 7.95. The number of likely N-dealkylation sites (tertiary alicyclic amines) is 1. The molecule has 1 heterocycles. The van der Waals surface area contributed by atoms with Gasteiger partial charge in [-0.1, -0.05) is 12.1 Å². The zero-order valence-electron chi connectivity index (χ0n) is 9.80. The zero-order valence-corrected chi connectivity index (χ0v) is 9.80. The lowest BCUT2D eigenvalue weighted by Gasteiger charge is -2.19. The topological polar surface area (TPSA) is 55.6 Å². The zero-order chi connectivity index (χ0) is 12.0. The van der Waals surface area contributed by atoms with E-state index < -0.39 is 0 Å². The molecule has 17 heavy (non-hydrogen) atoms. The molecule has 1 aromatic rings. The van der Waals surface area contributed by atoms with Crippen molar-refractivity contribution in [3.05, 3.63) is 29.8 Å². The van der Waals surface area contributed by atoms with Crippen molar-refractivity contribution in [3.63, 3.8) is 0 Å². The van der Waals surface area contributed by atoms with Crippen molar-refractivity contribution in [1.29, 1.82) is 0 Å². The molecule has 3 unspecified atom stereocenters. The van der Waals surface area contributed by atoms with Crippen LogP contribution in [0.25, 0.3) is 0 Å². The molecule has 1 aliphatic carbocycles. The minimum Gasteiger partial charge on any atom is -0.497 e. The van der Waals surface area contributed by atoms with Crippen molar-refractivity contribution in [1.82, 2.24) is 4.90 Å². The number of hydrogen-bond acceptors (Lipinski definition) is 3. The number of nitrogens with zero attached hydrogens (tertiary/aromatic N) is 1. The summed E-state index contributed by atoms with van der Waals surface area (Å²) >= 11 is 0. The standard InChI is InChI=1S/C13H16N2O2/c1-17-9-4-2-8(3-5-9)6-15-7-10-11(12(10)14)13(15)16/h2-5,10-12H,6-7,14H2,1H3. The molecule has 1 aromatic carbocycles. The van der Waals surface area contributed by atoms with Crippen LogP contribution < -0.4 is 10.5 Å². The average Bonchev–Trinajstić information content (AvgIpc) is 2.85. The molecule has 1 amide bonds. The SMILES string of the molecule is COc1ccc(CN2CC3C(N)C3C2=O)cc1. The Balaban J connectivity index is 1.66. The number of carbonyl (C=O) groups excluding carboxylic acids is 1. The summed E-state index contributed by atoms with van der Waals surface area (Å²) < 4.78 is 5.10. The van der Waals surface area contributed by atoms with E-state index in [2.05, 4.69) is 0 Å². The number of fused-ring (bicyclic) bond motifs is 1. The number of methoxy groups -OCH3 is 1. The highest BCUT2D eigenvalue weighted by Gasteiger charge is 2.59. The number of piperidine rings is 1. The van der Waals surface area contributed by atoms with Crippen LogP contribution in [0.2, 0.25) is 0 Å². The molecular formula is C13H16N2O2. The van der Waals surface area contributed by atoms with Crippen molar-refractivity contribution in [2.45, 2.75) is 12.6 Å². The van der Waals surface area contributed by atoms with Gasteiger partial charge in [0.2, 0.25) is 5.91 Å². The van der Waals surface area contributed by atoms with Gasteiger partial charge >= 0.3 is 0 Å². The van der Waals surface area contributed by atoms with Gasteiger partial charge in [-0.25, -0.2) is 0 Å². The minimum atomic E-state index is 0.105. The van der Waals surface area contributed by atoms with Gasteiger partial charge in [0.15, 0.2) is 0 Å². The van der Waals surface area contributed by atoms with E-state index in [1.165, 1.54) is 0 Å². The fourth-order valence-electron chi connectivity index (χ4n) is 2.63. The molecule has 4 heteroatoms. The first-order chi connectivity index (χ1) is 8.20. The minimum absolute atomic E-state index is 0.105. The van der Waals surface area contributed by atoms with Crippen LogP contribution in [0.4, 0.5) is 0 Å². The highest BCUT2D eigenvalue weighted by molar-refractivity contribution is 5.86. The maximum Gasteiger partial charge on any atom is 0.227 e. The second kappa shape index (κ2) is 3.74. The van der Waals surface area contributed by atoms with Gasteiger partial charge in [0.1, 0.15) is 5.75 Å². The van der Waals surface area contributed by atoms with Crippen LogP contribution in [-0.4, -0.2) is 30.5 Å². The van der Waals surface area contributed by atoms with Crippen molar-refractivity contribution < 1.29 is 9.53 Å². The summed E-state index contributed by atoms with van der Waals surface area (Å²) in [5, 5.41) is 0. The third-order valence-corrected chi connectivity index (χ3v) is 3.79. The molecule has 0 radical (unpaired) electrons. The van der Waals surface area contributed by atoms with E-state index in [1.807, 2.05) is 29.2 Å². The number of amides is 1. The number of rotatable bonds is 3. The van der Waals surface area contributed by atoms with Gasteiger partial charge in [-0.05, 0) is 17.7 Å². The van der Waals surface area contributed by atoms with Crippen LogP contribution in [-0.2, 0) is 11.3 Å². The van der Waals surface area contributed by atoms with Gasteiger partial charge in [0.05, 0.1) is 13.0 Å². The Kier molecular flexibility index (Phi) is 2.33. The van der Waals surface area contributed by atoms with Gasteiger partial charge in [0, 0.05) is 25.0 Å². The fourth-order valence-corrected chi connectivity index (χ4v) is 2.63. The lowest BCUT2D eigenvalue weighted by molar-refractivity contribution is -0.130. The Morgan fingerprint density at radius 1 is 1.41 bits per heavy atom. The van der Waals surface area contributed by atoms with E-state index in [4.69, 9.17) is 10.5 Å². The maximum atomic E-state index is 11.9. The number of benzene rings is 1.